The Labute approximate surface area is 186 Å². The molecule has 1 aromatic carbocycles. The summed E-state index contributed by atoms with van der Waals surface area (Å²) in [4.78, 5) is 16.7. The van der Waals surface area contributed by atoms with Crippen LogP contribution >= 0.6 is 11.6 Å². The number of H-pyrrole nitrogens is 1. The van der Waals surface area contributed by atoms with Gasteiger partial charge in [-0.25, -0.2) is 19.0 Å². The Balaban J connectivity index is 1.45. The van der Waals surface area contributed by atoms with Gasteiger partial charge in [0, 0.05) is 35.4 Å². The third-order valence-electron chi connectivity index (χ3n) is 5.52. The van der Waals surface area contributed by atoms with Crippen molar-refractivity contribution in [3.05, 3.63) is 65.5 Å². The zero-order valence-electron chi connectivity index (χ0n) is 16.7. The van der Waals surface area contributed by atoms with E-state index in [1.165, 1.54) is 18.5 Å². The lowest BCUT2D eigenvalue weighted by Gasteiger charge is -2.14. The fraction of sp³-hybridized carbons (Fsp3) is 0.136. The lowest BCUT2D eigenvalue weighted by Crippen LogP contribution is -2.28. The second-order valence-corrected chi connectivity index (χ2v) is 7.93. The van der Waals surface area contributed by atoms with Gasteiger partial charge in [-0.05, 0) is 36.4 Å². The first kappa shape index (κ1) is 19.0. The summed E-state index contributed by atoms with van der Waals surface area (Å²) in [6.07, 6.45) is 3.30. The van der Waals surface area contributed by atoms with Crippen molar-refractivity contribution in [2.24, 2.45) is 0 Å². The molecule has 0 radical (unpaired) electrons. The van der Waals surface area contributed by atoms with Crippen LogP contribution in [0.25, 0.3) is 44.9 Å². The number of aromatic nitrogens is 7. The van der Waals surface area contributed by atoms with Crippen molar-refractivity contribution in [3.8, 4) is 33.9 Å². The van der Waals surface area contributed by atoms with Crippen LogP contribution in [0, 0.1) is 5.82 Å². The number of benzene rings is 1. The van der Waals surface area contributed by atoms with Gasteiger partial charge >= 0.3 is 0 Å². The van der Waals surface area contributed by atoms with Crippen molar-refractivity contribution < 1.29 is 4.39 Å². The molecule has 2 N–H and O–H groups in total. The van der Waals surface area contributed by atoms with Crippen molar-refractivity contribution in [2.45, 2.75) is 13.1 Å². The summed E-state index contributed by atoms with van der Waals surface area (Å²) in [5.41, 5.74) is 6.08. The molecule has 8 nitrogen and oxygen atoms in total. The van der Waals surface area contributed by atoms with Gasteiger partial charge in [-0.2, -0.15) is 0 Å². The molecule has 0 saturated heterocycles. The van der Waals surface area contributed by atoms with Crippen LogP contribution in [0.1, 0.15) is 5.69 Å². The molecule has 10 heteroatoms. The maximum Gasteiger partial charge on any atom is 0.132 e. The highest BCUT2D eigenvalue weighted by atomic mass is 35.5. The molecule has 0 amide bonds. The second-order valence-electron chi connectivity index (χ2n) is 7.49. The highest BCUT2D eigenvalue weighted by Gasteiger charge is 2.19. The molecular formula is C22H16ClFN8. The molecule has 4 aromatic heterocycles. The van der Waals surface area contributed by atoms with Gasteiger partial charge in [-0.15, -0.1) is 5.10 Å². The number of rotatable bonds is 3. The van der Waals surface area contributed by atoms with Crippen molar-refractivity contribution in [3.63, 3.8) is 0 Å². The Kier molecular flexibility index (Phi) is 4.44. The van der Waals surface area contributed by atoms with E-state index in [4.69, 9.17) is 16.6 Å². The van der Waals surface area contributed by atoms with Crippen LogP contribution in [-0.4, -0.2) is 41.5 Å². The summed E-state index contributed by atoms with van der Waals surface area (Å²) in [6, 6.07) is 10.0. The van der Waals surface area contributed by atoms with Crippen LogP contribution < -0.4 is 5.32 Å². The van der Waals surface area contributed by atoms with Crippen molar-refractivity contribution in [2.75, 3.05) is 6.54 Å². The third kappa shape index (κ3) is 3.14. The van der Waals surface area contributed by atoms with E-state index in [1.807, 2.05) is 22.9 Å². The smallest absolute Gasteiger partial charge is 0.132 e. The van der Waals surface area contributed by atoms with Crippen molar-refractivity contribution in [1.29, 1.82) is 0 Å². The molecule has 32 heavy (non-hydrogen) atoms. The van der Waals surface area contributed by atoms with E-state index in [9.17, 15) is 4.39 Å². The van der Waals surface area contributed by atoms with Gasteiger partial charge in [0.15, 0.2) is 0 Å². The highest BCUT2D eigenvalue weighted by molar-refractivity contribution is 6.30. The van der Waals surface area contributed by atoms with Crippen LogP contribution in [0.2, 0.25) is 5.02 Å². The van der Waals surface area contributed by atoms with Crippen molar-refractivity contribution >= 4 is 22.6 Å². The molecule has 5 aromatic rings. The first-order valence-corrected chi connectivity index (χ1v) is 10.4. The summed E-state index contributed by atoms with van der Waals surface area (Å²) in [5, 5.41) is 12.4. The molecule has 0 atom stereocenters. The Hall–Kier alpha value is -3.69. The van der Waals surface area contributed by atoms with E-state index >= 15 is 0 Å². The fourth-order valence-electron chi connectivity index (χ4n) is 3.95. The minimum Gasteiger partial charge on any atom is -0.343 e. The first-order valence-electron chi connectivity index (χ1n) is 10.1. The van der Waals surface area contributed by atoms with Crippen LogP contribution in [0.3, 0.4) is 0 Å². The molecule has 0 saturated carbocycles. The molecule has 6 rings (SSSR count). The molecule has 1 aliphatic rings. The quantitative estimate of drug-likeness (QED) is 0.437. The predicted molar refractivity (Wildman–Crippen MR) is 118 cm³/mol. The molecule has 0 bridgehead atoms. The first-order chi connectivity index (χ1) is 15.7. The van der Waals surface area contributed by atoms with E-state index in [1.54, 1.807) is 12.3 Å². The zero-order valence-corrected chi connectivity index (χ0v) is 17.4. The number of halogens is 2. The lowest BCUT2D eigenvalue weighted by molar-refractivity contribution is 0.468. The normalized spacial score (nSPS) is 13.4. The Morgan fingerprint density at radius 3 is 2.91 bits per heavy atom. The van der Waals surface area contributed by atoms with Gasteiger partial charge in [-0.3, -0.25) is 4.98 Å². The number of nitrogens with one attached hydrogen (secondary N) is 2. The monoisotopic (exact) mass is 446 g/mol. The summed E-state index contributed by atoms with van der Waals surface area (Å²) in [7, 11) is 0. The standard InChI is InChI=1S/C22H16ClFN8/c23-13-1-2-15(24)14(8-13)21-22(28-11-27-21)17-4-3-16-18(29-17)7-12(9-26-16)20-19-10-25-5-6-32(19)31-30-20/h1-4,7-9,11,25H,5-6,10H2,(H,27,28). The number of pyridine rings is 2. The fourth-order valence-corrected chi connectivity index (χ4v) is 4.12. The molecule has 5 heterocycles. The minimum absolute atomic E-state index is 0.311. The minimum atomic E-state index is -0.404. The largest absolute Gasteiger partial charge is 0.343 e. The number of hydrogen-bond acceptors (Lipinski definition) is 6. The SMILES string of the molecule is Fc1ccc(Cl)cc1-c1nc[nH]c1-c1ccc2ncc(-c3nnn4c3CNCC4)cc2n1. The van der Waals surface area contributed by atoms with E-state index in [-0.39, 0.29) is 0 Å². The third-order valence-corrected chi connectivity index (χ3v) is 5.76. The van der Waals surface area contributed by atoms with Crippen LogP contribution in [0.4, 0.5) is 4.39 Å². The number of fused-ring (bicyclic) bond motifs is 2. The highest BCUT2D eigenvalue weighted by Crippen LogP contribution is 2.32. The number of nitrogens with zero attached hydrogens (tertiary/aromatic N) is 6. The summed E-state index contributed by atoms with van der Waals surface area (Å²) >= 11 is 6.08. The van der Waals surface area contributed by atoms with Gasteiger partial charge < -0.3 is 10.3 Å². The topological polar surface area (TPSA) is 97.2 Å². The van der Waals surface area contributed by atoms with Crippen LogP contribution in [0.5, 0.6) is 0 Å². The molecule has 0 spiro atoms. The Morgan fingerprint density at radius 2 is 1.97 bits per heavy atom. The number of imidazole rings is 1. The van der Waals surface area contributed by atoms with Crippen LogP contribution in [-0.2, 0) is 13.1 Å². The molecular weight excluding hydrogens is 431 g/mol. The molecule has 0 fully saturated rings. The van der Waals surface area contributed by atoms with E-state index in [0.717, 1.165) is 35.6 Å². The number of hydrogen-bond donors (Lipinski definition) is 2. The summed E-state index contributed by atoms with van der Waals surface area (Å²) < 4.78 is 16.4. The zero-order chi connectivity index (χ0) is 21.7. The van der Waals surface area contributed by atoms with Crippen molar-refractivity contribution in [1.82, 2.24) is 40.2 Å². The summed E-state index contributed by atoms with van der Waals surface area (Å²) in [6.45, 7) is 2.36. The summed E-state index contributed by atoms with van der Waals surface area (Å²) in [5.74, 6) is -0.404. The van der Waals surface area contributed by atoms with Gasteiger partial charge in [-0.1, -0.05) is 16.8 Å². The Morgan fingerprint density at radius 1 is 1.03 bits per heavy atom. The van der Waals surface area contributed by atoms with E-state index in [2.05, 4.69) is 30.6 Å². The average molecular weight is 447 g/mol. The van der Waals surface area contributed by atoms with E-state index in [0.29, 0.717) is 39.7 Å². The molecule has 1 aliphatic heterocycles. The average Bonchev–Trinajstić information content (AvgIpc) is 3.47. The van der Waals surface area contributed by atoms with Crippen LogP contribution in [0.15, 0.2) is 48.9 Å². The molecule has 158 valence electrons. The van der Waals surface area contributed by atoms with E-state index < -0.39 is 5.82 Å². The number of aromatic amines is 1. The Bertz CT molecular complexity index is 1470. The predicted octanol–water partition coefficient (Wildman–Crippen LogP) is 3.84. The lowest BCUT2D eigenvalue weighted by atomic mass is 10.1. The maximum atomic E-state index is 14.5. The molecule has 0 aliphatic carbocycles. The van der Waals surface area contributed by atoms with Gasteiger partial charge in [0.1, 0.15) is 17.2 Å². The van der Waals surface area contributed by atoms with Gasteiger partial charge in [0.05, 0.1) is 41.0 Å². The molecule has 0 unspecified atom stereocenters. The van der Waals surface area contributed by atoms with Gasteiger partial charge in [0.25, 0.3) is 0 Å². The second kappa shape index (κ2) is 7.47. The van der Waals surface area contributed by atoms with Gasteiger partial charge in [0.2, 0.25) is 0 Å². The maximum absolute atomic E-state index is 14.5.